The van der Waals surface area contributed by atoms with E-state index in [1.54, 1.807) is 13.2 Å². The van der Waals surface area contributed by atoms with Crippen LogP contribution in [0.1, 0.15) is 29.7 Å². The molecule has 2 rings (SSSR count). The number of hydrogen-bond donors (Lipinski definition) is 1. The lowest BCUT2D eigenvalue weighted by atomic mass is 9.91. The molecule has 0 fully saturated rings. The fourth-order valence-electron chi connectivity index (χ4n) is 2.56. The van der Waals surface area contributed by atoms with Gasteiger partial charge in [-0.2, -0.15) is 0 Å². The topological polar surface area (TPSA) is 35.2 Å². The van der Waals surface area contributed by atoms with E-state index < -0.39 is 0 Å². The largest absolute Gasteiger partial charge is 0.496 e. The van der Waals surface area contributed by atoms with Crippen molar-refractivity contribution in [2.75, 3.05) is 7.11 Å². The molecule has 0 aliphatic heterocycles. The highest BCUT2D eigenvalue weighted by Gasteiger charge is 2.14. The van der Waals surface area contributed by atoms with Crippen molar-refractivity contribution in [3.05, 3.63) is 52.8 Å². The Morgan fingerprint density at radius 2 is 1.70 bits per heavy atom. The first-order valence-electron chi connectivity index (χ1n) is 6.64. The monoisotopic (exact) mass is 273 g/mol. The molecule has 2 nitrogen and oxygen atoms in total. The highest BCUT2D eigenvalue weighted by Crippen LogP contribution is 2.36. The van der Waals surface area contributed by atoms with Gasteiger partial charge in [0.25, 0.3) is 0 Å². The highest BCUT2D eigenvalue weighted by molar-refractivity contribution is 5.76. The number of hydrogen-bond acceptors (Lipinski definition) is 2. The van der Waals surface area contributed by atoms with E-state index in [0.717, 1.165) is 27.8 Å². The number of halogens is 1. The Hall–Kier alpha value is -1.87. The second-order valence-corrected chi connectivity index (χ2v) is 5.16. The van der Waals surface area contributed by atoms with E-state index in [-0.39, 0.29) is 11.9 Å². The molecule has 1 unspecified atom stereocenters. The lowest BCUT2D eigenvalue weighted by molar-refractivity contribution is 0.415. The molecule has 0 amide bonds. The Labute approximate surface area is 119 Å². The lowest BCUT2D eigenvalue weighted by Crippen LogP contribution is -2.06. The van der Waals surface area contributed by atoms with Crippen LogP contribution < -0.4 is 10.5 Å². The summed E-state index contributed by atoms with van der Waals surface area (Å²) in [5.41, 5.74) is 10.9. The van der Waals surface area contributed by atoms with Crippen LogP contribution in [0.3, 0.4) is 0 Å². The van der Waals surface area contributed by atoms with E-state index in [9.17, 15) is 4.39 Å². The number of rotatable bonds is 3. The molecule has 0 radical (unpaired) electrons. The summed E-state index contributed by atoms with van der Waals surface area (Å²) in [6, 6.07) is 8.66. The van der Waals surface area contributed by atoms with Gasteiger partial charge in [-0.05, 0) is 61.2 Å². The van der Waals surface area contributed by atoms with Crippen LogP contribution >= 0.6 is 0 Å². The number of methoxy groups -OCH3 is 1. The third-order valence-corrected chi connectivity index (χ3v) is 3.51. The second kappa shape index (κ2) is 5.63. The summed E-state index contributed by atoms with van der Waals surface area (Å²) in [5.74, 6) is 0.405. The van der Waals surface area contributed by atoms with Gasteiger partial charge in [0.15, 0.2) is 0 Å². The summed E-state index contributed by atoms with van der Waals surface area (Å²) in [6.07, 6.45) is 0. The van der Waals surface area contributed by atoms with Crippen molar-refractivity contribution in [3.8, 4) is 16.9 Å². The molecule has 0 aromatic heterocycles. The molecule has 0 saturated carbocycles. The first kappa shape index (κ1) is 14.5. The van der Waals surface area contributed by atoms with E-state index in [2.05, 4.69) is 12.1 Å². The Kier molecular flexibility index (Phi) is 4.09. The number of ether oxygens (including phenoxy) is 1. The Morgan fingerprint density at radius 1 is 1.10 bits per heavy atom. The molecule has 2 N–H and O–H groups in total. The summed E-state index contributed by atoms with van der Waals surface area (Å²) < 4.78 is 18.9. The molecule has 0 saturated heterocycles. The smallest absolute Gasteiger partial charge is 0.126 e. The van der Waals surface area contributed by atoms with Gasteiger partial charge in [-0.15, -0.1) is 0 Å². The molecule has 0 bridgehead atoms. The number of benzene rings is 2. The summed E-state index contributed by atoms with van der Waals surface area (Å²) in [7, 11) is 1.59. The molecule has 20 heavy (non-hydrogen) atoms. The van der Waals surface area contributed by atoms with Crippen LogP contribution in [0.5, 0.6) is 5.75 Å². The van der Waals surface area contributed by atoms with Gasteiger partial charge in [0.05, 0.1) is 7.11 Å². The van der Waals surface area contributed by atoms with Crippen molar-refractivity contribution in [2.45, 2.75) is 26.8 Å². The van der Waals surface area contributed by atoms with Gasteiger partial charge in [0, 0.05) is 11.6 Å². The van der Waals surface area contributed by atoms with Crippen LogP contribution in [0, 0.1) is 19.7 Å². The zero-order chi connectivity index (χ0) is 14.9. The van der Waals surface area contributed by atoms with Crippen LogP contribution in [0.2, 0.25) is 0 Å². The minimum absolute atomic E-state index is 0.0177. The first-order chi connectivity index (χ1) is 9.43. The van der Waals surface area contributed by atoms with Crippen molar-refractivity contribution < 1.29 is 9.13 Å². The van der Waals surface area contributed by atoms with Gasteiger partial charge < -0.3 is 10.5 Å². The molecule has 2 aromatic rings. The SMILES string of the molecule is COc1ccc(F)cc1-c1c(C)cc(C(C)N)cc1C. The van der Waals surface area contributed by atoms with Gasteiger partial charge in [-0.1, -0.05) is 12.1 Å². The Morgan fingerprint density at radius 3 is 2.20 bits per heavy atom. The fourth-order valence-corrected chi connectivity index (χ4v) is 2.56. The second-order valence-electron chi connectivity index (χ2n) is 5.16. The number of aryl methyl sites for hydroxylation is 2. The lowest BCUT2D eigenvalue weighted by Gasteiger charge is -2.17. The average Bonchev–Trinajstić information content (AvgIpc) is 2.38. The number of nitrogens with two attached hydrogens (primary N) is 1. The van der Waals surface area contributed by atoms with Crippen molar-refractivity contribution in [3.63, 3.8) is 0 Å². The van der Waals surface area contributed by atoms with Crippen molar-refractivity contribution in [1.29, 1.82) is 0 Å². The summed E-state index contributed by atoms with van der Waals surface area (Å²) in [6.45, 7) is 5.98. The van der Waals surface area contributed by atoms with Gasteiger partial charge >= 0.3 is 0 Å². The first-order valence-corrected chi connectivity index (χ1v) is 6.64. The summed E-state index contributed by atoms with van der Waals surface area (Å²) in [4.78, 5) is 0. The maximum absolute atomic E-state index is 13.6. The van der Waals surface area contributed by atoms with Gasteiger partial charge in [0.1, 0.15) is 11.6 Å². The molecule has 106 valence electrons. The van der Waals surface area contributed by atoms with Crippen molar-refractivity contribution >= 4 is 0 Å². The minimum atomic E-state index is -0.268. The maximum atomic E-state index is 13.6. The molecule has 0 aliphatic rings. The van der Waals surface area contributed by atoms with Crippen molar-refractivity contribution in [1.82, 2.24) is 0 Å². The standard InChI is InChI=1S/C17H20FNO/c1-10-7-13(12(3)19)8-11(2)17(10)15-9-14(18)5-6-16(15)20-4/h5-9,12H,19H2,1-4H3. The molecule has 2 aromatic carbocycles. The van der Waals surface area contributed by atoms with Gasteiger partial charge in [-0.3, -0.25) is 0 Å². The van der Waals surface area contributed by atoms with Crippen LogP contribution in [0.25, 0.3) is 11.1 Å². The molecule has 0 aliphatic carbocycles. The maximum Gasteiger partial charge on any atom is 0.126 e. The normalized spacial score (nSPS) is 12.3. The molecule has 0 spiro atoms. The minimum Gasteiger partial charge on any atom is -0.496 e. The third kappa shape index (κ3) is 2.68. The van der Waals surface area contributed by atoms with E-state index in [1.807, 2.05) is 20.8 Å². The zero-order valence-corrected chi connectivity index (χ0v) is 12.3. The third-order valence-electron chi connectivity index (χ3n) is 3.51. The quantitative estimate of drug-likeness (QED) is 0.912. The Bertz CT molecular complexity index is 612. The van der Waals surface area contributed by atoms with E-state index >= 15 is 0 Å². The summed E-state index contributed by atoms with van der Waals surface area (Å²) in [5, 5.41) is 0. The van der Waals surface area contributed by atoms with E-state index in [1.165, 1.54) is 12.1 Å². The van der Waals surface area contributed by atoms with Gasteiger partial charge in [-0.25, -0.2) is 4.39 Å². The van der Waals surface area contributed by atoms with Crippen LogP contribution in [0.4, 0.5) is 4.39 Å². The van der Waals surface area contributed by atoms with E-state index in [4.69, 9.17) is 10.5 Å². The zero-order valence-electron chi connectivity index (χ0n) is 12.3. The van der Waals surface area contributed by atoms with Crippen LogP contribution in [-0.4, -0.2) is 7.11 Å². The molecule has 0 heterocycles. The van der Waals surface area contributed by atoms with Crippen LogP contribution in [-0.2, 0) is 0 Å². The molecule has 1 atom stereocenters. The Balaban J connectivity index is 2.67. The van der Waals surface area contributed by atoms with Gasteiger partial charge in [0.2, 0.25) is 0 Å². The van der Waals surface area contributed by atoms with Crippen molar-refractivity contribution in [2.24, 2.45) is 5.73 Å². The summed E-state index contributed by atoms with van der Waals surface area (Å²) >= 11 is 0. The predicted octanol–water partition coefficient (Wildman–Crippen LogP) is 4.14. The molecule has 3 heteroatoms. The van der Waals surface area contributed by atoms with E-state index in [0.29, 0.717) is 5.75 Å². The highest BCUT2D eigenvalue weighted by atomic mass is 19.1. The van der Waals surface area contributed by atoms with Crippen LogP contribution in [0.15, 0.2) is 30.3 Å². The average molecular weight is 273 g/mol. The predicted molar refractivity (Wildman–Crippen MR) is 80.5 cm³/mol. The molecular formula is C17H20FNO. The molecular weight excluding hydrogens is 253 g/mol. The fraction of sp³-hybridized carbons (Fsp3) is 0.294.